The maximum absolute atomic E-state index is 13.2. The van der Waals surface area contributed by atoms with Crippen molar-refractivity contribution in [3.63, 3.8) is 0 Å². The number of piperidine rings is 1. The molecule has 0 saturated carbocycles. The number of benzene rings is 2. The van der Waals surface area contributed by atoms with E-state index in [0.29, 0.717) is 17.0 Å². The van der Waals surface area contributed by atoms with E-state index < -0.39 is 0 Å². The first-order chi connectivity index (χ1) is 13.7. The summed E-state index contributed by atoms with van der Waals surface area (Å²) in [7, 11) is 0. The predicted octanol–water partition coefficient (Wildman–Crippen LogP) is 4.17. The molecule has 2 fully saturated rings. The molecule has 144 valence electrons. The van der Waals surface area contributed by atoms with Crippen LogP contribution in [0.3, 0.4) is 0 Å². The molecule has 2 saturated heterocycles. The van der Waals surface area contributed by atoms with Gasteiger partial charge in [0.2, 0.25) is 0 Å². The zero-order valence-electron chi connectivity index (χ0n) is 16.3. The molecule has 0 spiro atoms. The number of amides is 1. The zero-order valence-corrected chi connectivity index (χ0v) is 16.3. The van der Waals surface area contributed by atoms with E-state index in [1.54, 1.807) is 0 Å². The minimum Gasteiger partial charge on any atom is -0.338 e. The number of nitriles is 1. The lowest BCUT2D eigenvalue weighted by Crippen LogP contribution is -2.43. The lowest BCUT2D eigenvalue weighted by molar-refractivity contribution is 0.0648. The summed E-state index contributed by atoms with van der Waals surface area (Å²) in [5.41, 5.74) is 3.15. The summed E-state index contributed by atoms with van der Waals surface area (Å²) in [6.45, 7) is 5.25. The van der Waals surface area contributed by atoms with Gasteiger partial charge in [-0.15, -0.1) is 0 Å². The molecule has 0 N–H and O–H groups in total. The molecule has 0 radical (unpaired) electrons. The Morgan fingerprint density at radius 2 is 1.86 bits per heavy atom. The van der Waals surface area contributed by atoms with Gasteiger partial charge < -0.3 is 9.80 Å². The van der Waals surface area contributed by atoms with Gasteiger partial charge in [0.1, 0.15) is 0 Å². The fourth-order valence-corrected chi connectivity index (χ4v) is 4.56. The van der Waals surface area contributed by atoms with Gasteiger partial charge in [-0.05, 0) is 74.0 Å². The van der Waals surface area contributed by atoms with E-state index >= 15 is 0 Å². The minimum atomic E-state index is 0.113. The topological polar surface area (TPSA) is 47.3 Å². The molecule has 0 aromatic heterocycles. The van der Waals surface area contributed by atoms with Crippen molar-refractivity contribution in [3.05, 3.63) is 59.7 Å². The van der Waals surface area contributed by atoms with E-state index in [1.807, 2.05) is 53.4 Å². The number of carbonyl (C=O) groups excluding carboxylic acids is 1. The van der Waals surface area contributed by atoms with Gasteiger partial charge in [-0.2, -0.15) is 5.26 Å². The molecule has 4 nitrogen and oxygen atoms in total. The van der Waals surface area contributed by atoms with Crippen molar-refractivity contribution >= 4 is 5.91 Å². The summed E-state index contributed by atoms with van der Waals surface area (Å²) in [5.74, 6) is 0.695. The lowest BCUT2D eigenvalue weighted by Gasteiger charge is -2.34. The minimum absolute atomic E-state index is 0.113. The first-order valence-corrected chi connectivity index (χ1v) is 10.4. The summed E-state index contributed by atoms with van der Waals surface area (Å²) in [4.78, 5) is 17.7. The van der Waals surface area contributed by atoms with Crippen molar-refractivity contribution < 1.29 is 4.79 Å². The first kappa shape index (κ1) is 18.7. The SMILES string of the molecule is N#Cc1ccccc1-c1cccc(C(=O)N2CCC[C@@H](CN3CCCC3)C2)c1. The highest BCUT2D eigenvalue weighted by Gasteiger charge is 2.26. The average molecular weight is 374 g/mol. The molecule has 2 aliphatic heterocycles. The van der Waals surface area contributed by atoms with E-state index in [1.165, 1.54) is 32.4 Å². The molecule has 0 unspecified atom stereocenters. The van der Waals surface area contributed by atoms with Crippen molar-refractivity contribution in [1.82, 2.24) is 9.80 Å². The first-order valence-electron chi connectivity index (χ1n) is 10.4. The van der Waals surface area contributed by atoms with Crippen LogP contribution >= 0.6 is 0 Å². The highest BCUT2D eigenvalue weighted by Crippen LogP contribution is 2.26. The smallest absolute Gasteiger partial charge is 0.253 e. The molecule has 2 aromatic rings. The Labute approximate surface area is 167 Å². The average Bonchev–Trinajstić information content (AvgIpc) is 3.26. The van der Waals surface area contributed by atoms with Crippen LogP contribution in [0.2, 0.25) is 0 Å². The van der Waals surface area contributed by atoms with Crippen LogP contribution in [0.15, 0.2) is 48.5 Å². The summed E-state index contributed by atoms with van der Waals surface area (Å²) < 4.78 is 0. The van der Waals surface area contributed by atoms with Gasteiger partial charge in [-0.3, -0.25) is 4.79 Å². The third-order valence-corrected chi connectivity index (χ3v) is 5.99. The monoisotopic (exact) mass is 373 g/mol. The van der Waals surface area contributed by atoms with E-state index in [0.717, 1.165) is 37.2 Å². The van der Waals surface area contributed by atoms with Gasteiger partial charge in [0, 0.05) is 25.2 Å². The Morgan fingerprint density at radius 1 is 1.04 bits per heavy atom. The Kier molecular flexibility index (Phi) is 5.73. The van der Waals surface area contributed by atoms with Gasteiger partial charge in [-0.1, -0.05) is 30.3 Å². The molecule has 28 heavy (non-hydrogen) atoms. The van der Waals surface area contributed by atoms with Crippen molar-refractivity contribution in [3.8, 4) is 17.2 Å². The molecule has 0 bridgehead atoms. The standard InChI is InChI=1S/C24H27N3O/c25-16-22-8-1-2-11-23(22)20-9-5-10-21(15-20)24(28)27-14-6-7-19(18-27)17-26-12-3-4-13-26/h1-2,5,8-11,15,19H,3-4,6-7,12-14,17-18H2/t19-/m0/s1. The van der Waals surface area contributed by atoms with Crippen LogP contribution in [-0.4, -0.2) is 48.4 Å². The molecular formula is C24H27N3O. The van der Waals surface area contributed by atoms with Crippen LogP contribution in [0.1, 0.15) is 41.6 Å². The predicted molar refractivity (Wildman–Crippen MR) is 111 cm³/mol. The fraction of sp³-hybridized carbons (Fsp3) is 0.417. The Morgan fingerprint density at radius 3 is 2.68 bits per heavy atom. The largest absolute Gasteiger partial charge is 0.338 e. The second kappa shape index (κ2) is 8.58. The van der Waals surface area contributed by atoms with E-state index in [2.05, 4.69) is 11.0 Å². The number of hydrogen-bond acceptors (Lipinski definition) is 3. The van der Waals surface area contributed by atoms with Crippen LogP contribution in [0.5, 0.6) is 0 Å². The van der Waals surface area contributed by atoms with Gasteiger partial charge in [0.05, 0.1) is 11.6 Å². The van der Waals surface area contributed by atoms with E-state index in [-0.39, 0.29) is 5.91 Å². The molecule has 2 heterocycles. The maximum Gasteiger partial charge on any atom is 0.253 e. The molecule has 4 rings (SSSR count). The van der Waals surface area contributed by atoms with E-state index in [4.69, 9.17) is 0 Å². The molecule has 4 heteroatoms. The normalized spacial score (nSPS) is 20.1. The fourth-order valence-electron chi connectivity index (χ4n) is 4.56. The summed E-state index contributed by atoms with van der Waals surface area (Å²) in [6.07, 6.45) is 4.93. The van der Waals surface area contributed by atoms with Crippen LogP contribution in [-0.2, 0) is 0 Å². The second-order valence-corrected chi connectivity index (χ2v) is 8.01. The Bertz CT molecular complexity index is 879. The molecule has 2 aliphatic rings. The number of hydrogen-bond donors (Lipinski definition) is 0. The highest BCUT2D eigenvalue weighted by molar-refractivity contribution is 5.95. The molecule has 1 atom stereocenters. The van der Waals surface area contributed by atoms with Crippen molar-refractivity contribution in [2.45, 2.75) is 25.7 Å². The summed E-state index contributed by atoms with van der Waals surface area (Å²) in [5, 5.41) is 9.38. The summed E-state index contributed by atoms with van der Waals surface area (Å²) >= 11 is 0. The number of rotatable bonds is 4. The maximum atomic E-state index is 13.2. The number of likely N-dealkylation sites (tertiary alicyclic amines) is 2. The highest BCUT2D eigenvalue weighted by atomic mass is 16.2. The van der Waals surface area contributed by atoms with Crippen molar-refractivity contribution in [2.75, 3.05) is 32.7 Å². The van der Waals surface area contributed by atoms with Gasteiger partial charge in [0.15, 0.2) is 0 Å². The van der Waals surface area contributed by atoms with Crippen LogP contribution < -0.4 is 0 Å². The third kappa shape index (κ3) is 4.10. The quantitative estimate of drug-likeness (QED) is 0.808. The third-order valence-electron chi connectivity index (χ3n) is 5.99. The molecule has 1 amide bonds. The van der Waals surface area contributed by atoms with Gasteiger partial charge in [-0.25, -0.2) is 0 Å². The van der Waals surface area contributed by atoms with Crippen molar-refractivity contribution in [2.24, 2.45) is 5.92 Å². The summed E-state index contributed by atoms with van der Waals surface area (Å²) in [6, 6.07) is 17.5. The Balaban J connectivity index is 1.49. The van der Waals surface area contributed by atoms with Gasteiger partial charge in [0.25, 0.3) is 5.91 Å². The van der Waals surface area contributed by atoms with E-state index in [9.17, 15) is 10.1 Å². The van der Waals surface area contributed by atoms with Crippen molar-refractivity contribution in [1.29, 1.82) is 5.26 Å². The van der Waals surface area contributed by atoms with Crippen LogP contribution in [0, 0.1) is 17.2 Å². The number of nitrogens with zero attached hydrogens (tertiary/aromatic N) is 3. The molecule has 2 aromatic carbocycles. The lowest BCUT2D eigenvalue weighted by atomic mass is 9.95. The van der Waals surface area contributed by atoms with Crippen LogP contribution in [0.4, 0.5) is 0 Å². The molecule has 0 aliphatic carbocycles. The molecular weight excluding hydrogens is 346 g/mol. The Hall–Kier alpha value is -2.64. The van der Waals surface area contributed by atoms with Gasteiger partial charge >= 0.3 is 0 Å². The van der Waals surface area contributed by atoms with Crippen LogP contribution in [0.25, 0.3) is 11.1 Å². The number of carbonyl (C=O) groups is 1. The second-order valence-electron chi connectivity index (χ2n) is 8.01. The zero-order chi connectivity index (χ0) is 19.3.